The van der Waals surface area contributed by atoms with Crippen LogP contribution in [0.25, 0.3) is 0 Å². The smallest absolute Gasteiger partial charge is 0.161 e. The zero-order valence-corrected chi connectivity index (χ0v) is 12.9. The Morgan fingerprint density at radius 1 is 1.29 bits per heavy atom. The van der Waals surface area contributed by atoms with Crippen molar-refractivity contribution in [1.82, 2.24) is 10.6 Å². The largest absolute Gasteiger partial charge is 0.493 e. The maximum atomic E-state index is 9.12. The van der Waals surface area contributed by atoms with Crippen LogP contribution in [0.4, 0.5) is 0 Å². The lowest BCUT2D eigenvalue weighted by Crippen LogP contribution is -2.31. The van der Waals surface area contributed by atoms with Crippen LogP contribution in [-0.4, -0.2) is 44.6 Å². The second-order valence-corrected chi connectivity index (χ2v) is 4.81. The van der Waals surface area contributed by atoms with Crippen LogP contribution >= 0.6 is 0 Å². The summed E-state index contributed by atoms with van der Waals surface area (Å²) in [5.74, 6) is 1.45. The van der Waals surface area contributed by atoms with Crippen LogP contribution < -0.4 is 20.1 Å². The Kier molecular flexibility index (Phi) is 8.50. The third kappa shape index (κ3) is 7.13. The number of aliphatic hydroxyl groups is 1. The summed E-state index contributed by atoms with van der Waals surface area (Å²) in [6, 6.07) is 5.89. The van der Waals surface area contributed by atoms with Crippen LogP contribution in [0.2, 0.25) is 0 Å². The molecule has 0 spiro atoms. The fourth-order valence-corrected chi connectivity index (χ4v) is 1.81. The molecule has 3 N–H and O–H groups in total. The average Bonchev–Trinajstić information content (AvgIpc) is 2.48. The van der Waals surface area contributed by atoms with Gasteiger partial charge in [-0.1, -0.05) is 18.7 Å². The van der Waals surface area contributed by atoms with Gasteiger partial charge < -0.3 is 25.2 Å². The van der Waals surface area contributed by atoms with Gasteiger partial charge in [-0.2, -0.15) is 0 Å². The summed E-state index contributed by atoms with van der Waals surface area (Å²) in [5.41, 5.74) is 1.13. The molecule has 0 aliphatic heterocycles. The highest BCUT2D eigenvalue weighted by Gasteiger charge is 2.05. The number of rotatable bonds is 11. The summed E-state index contributed by atoms with van der Waals surface area (Å²) in [5, 5.41) is 15.6. The molecule has 0 amide bonds. The molecule has 0 saturated carbocycles. The minimum Gasteiger partial charge on any atom is -0.493 e. The second-order valence-electron chi connectivity index (χ2n) is 4.81. The molecule has 0 aliphatic rings. The molecule has 1 aromatic rings. The van der Waals surface area contributed by atoms with Gasteiger partial charge in [-0.3, -0.25) is 0 Å². The zero-order valence-electron chi connectivity index (χ0n) is 12.9. The molecule has 0 heterocycles. The van der Waals surface area contributed by atoms with Crippen molar-refractivity contribution in [2.75, 3.05) is 33.4 Å². The van der Waals surface area contributed by atoms with E-state index in [1.165, 1.54) is 0 Å². The van der Waals surface area contributed by atoms with Gasteiger partial charge in [-0.05, 0) is 24.6 Å². The Labute approximate surface area is 127 Å². The molecule has 1 rings (SSSR count). The van der Waals surface area contributed by atoms with Crippen LogP contribution in [0.3, 0.4) is 0 Å². The molecule has 21 heavy (non-hydrogen) atoms. The van der Waals surface area contributed by atoms with Gasteiger partial charge in [-0.15, -0.1) is 0 Å². The predicted octanol–water partition coefficient (Wildman–Crippen LogP) is 1.32. The minimum atomic E-state index is -0.308. The number of benzene rings is 1. The van der Waals surface area contributed by atoms with Crippen molar-refractivity contribution in [1.29, 1.82) is 0 Å². The van der Waals surface area contributed by atoms with Gasteiger partial charge in [0, 0.05) is 26.2 Å². The van der Waals surface area contributed by atoms with Gasteiger partial charge in [0.1, 0.15) is 6.61 Å². The molecule has 0 aromatic heterocycles. The summed E-state index contributed by atoms with van der Waals surface area (Å²) in [6.45, 7) is 8.89. The Balaban J connectivity index is 2.36. The fraction of sp³-hybridized carbons (Fsp3) is 0.500. The van der Waals surface area contributed by atoms with E-state index in [4.69, 9.17) is 14.6 Å². The zero-order chi connectivity index (χ0) is 15.5. The third-order valence-electron chi connectivity index (χ3n) is 2.83. The van der Waals surface area contributed by atoms with Gasteiger partial charge >= 0.3 is 0 Å². The Hall–Kier alpha value is -1.56. The van der Waals surface area contributed by atoms with Gasteiger partial charge in [0.05, 0.1) is 13.2 Å². The summed E-state index contributed by atoms with van der Waals surface area (Å²) < 4.78 is 10.8. The highest BCUT2D eigenvalue weighted by Crippen LogP contribution is 2.27. The summed E-state index contributed by atoms with van der Waals surface area (Å²) in [6.07, 6.45) is 1.40. The highest BCUT2D eigenvalue weighted by molar-refractivity contribution is 5.43. The maximum absolute atomic E-state index is 9.12. The molecule has 0 bridgehead atoms. The van der Waals surface area contributed by atoms with E-state index in [0.717, 1.165) is 36.7 Å². The van der Waals surface area contributed by atoms with E-state index in [2.05, 4.69) is 17.2 Å². The molecule has 0 saturated heterocycles. The van der Waals surface area contributed by atoms with E-state index in [-0.39, 0.29) is 6.10 Å². The summed E-state index contributed by atoms with van der Waals surface area (Å²) in [7, 11) is 1.63. The molecule has 0 radical (unpaired) electrons. The molecule has 5 nitrogen and oxygen atoms in total. The summed E-state index contributed by atoms with van der Waals surface area (Å²) in [4.78, 5) is 0. The lowest BCUT2D eigenvalue weighted by Gasteiger charge is -2.12. The van der Waals surface area contributed by atoms with E-state index in [1.807, 2.05) is 18.2 Å². The predicted molar refractivity (Wildman–Crippen MR) is 84.9 cm³/mol. The first-order chi connectivity index (χ1) is 10.2. The SMILES string of the molecule is C=CCOc1ccc(CNCCNC[C@H](C)O)cc1OC. The Morgan fingerprint density at radius 3 is 2.71 bits per heavy atom. The van der Waals surface area contributed by atoms with E-state index < -0.39 is 0 Å². The van der Waals surface area contributed by atoms with Crippen molar-refractivity contribution >= 4 is 0 Å². The van der Waals surface area contributed by atoms with Gasteiger partial charge in [0.15, 0.2) is 11.5 Å². The van der Waals surface area contributed by atoms with E-state index >= 15 is 0 Å². The number of aliphatic hydroxyl groups excluding tert-OH is 1. The van der Waals surface area contributed by atoms with Crippen LogP contribution in [0, 0.1) is 0 Å². The van der Waals surface area contributed by atoms with Crippen LogP contribution in [0.5, 0.6) is 11.5 Å². The van der Waals surface area contributed by atoms with Crippen LogP contribution in [-0.2, 0) is 6.54 Å². The van der Waals surface area contributed by atoms with E-state index in [0.29, 0.717) is 13.2 Å². The molecular weight excluding hydrogens is 268 g/mol. The van der Waals surface area contributed by atoms with Crippen molar-refractivity contribution < 1.29 is 14.6 Å². The first kappa shape index (κ1) is 17.5. The van der Waals surface area contributed by atoms with E-state index in [1.54, 1.807) is 20.1 Å². The summed E-state index contributed by atoms with van der Waals surface area (Å²) >= 11 is 0. The molecular formula is C16H26N2O3. The van der Waals surface area contributed by atoms with Crippen molar-refractivity contribution in [3.63, 3.8) is 0 Å². The fourth-order valence-electron chi connectivity index (χ4n) is 1.81. The van der Waals surface area contributed by atoms with E-state index in [9.17, 15) is 0 Å². The lowest BCUT2D eigenvalue weighted by atomic mass is 10.2. The van der Waals surface area contributed by atoms with Crippen molar-refractivity contribution in [3.8, 4) is 11.5 Å². The highest BCUT2D eigenvalue weighted by atomic mass is 16.5. The normalized spacial score (nSPS) is 12.0. The topological polar surface area (TPSA) is 62.8 Å². The molecule has 118 valence electrons. The van der Waals surface area contributed by atoms with Gasteiger partial charge in [0.25, 0.3) is 0 Å². The molecule has 0 fully saturated rings. The van der Waals surface area contributed by atoms with Crippen molar-refractivity contribution in [2.24, 2.45) is 0 Å². The maximum Gasteiger partial charge on any atom is 0.161 e. The molecule has 5 heteroatoms. The third-order valence-corrected chi connectivity index (χ3v) is 2.83. The molecule has 0 aliphatic carbocycles. The Bertz CT molecular complexity index is 422. The molecule has 1 aromatic carbocycles. The molecule has 0 unspecified atom stereocenters. The van der Waals surface area contributed by atoms with Gasteiger partial charge in [0.2, 0.25) is 0 Å². The number of nitrogens with one attached hydrogen (secondary N) is 2. The second kappa shape index (κ2) is 10.2. The van der Waals surface area contributed by atoms with Crippen molar-refractivity contribution in [3.05, 3.63) is 36.4 Å². The van der Waals surface area contributed by atoms with Crippen LogP contribution in [0.1, 0.15) is 12.5 Å². The van der Waals surface area contributed by atoms with Crippen LogP contribution in [0.15, 0.2) is 30.9 Å². The quantitative estimate of drug-likeness (QED) is 0.424. The first-order valence-corrected chi connectivity index (χ1v) is 7.17. The molecule has 1 atom stereocenters. The first-order valence-electron chi connectivity index (χ1n) is 7.17. The average molecular weight is 294 g/mol. The number of hydrogen-bond acceptors (Lipinski definition) is 5. The Morgan fingerprint density at radius 2 is 2.05 bits per heavy atom. The lowest BCUT2D eigenvalue weighted by molar-refractivity contribution is 0.191. The number of methoxy groups -OCH3 is 1. The van der Waals surface area contributed by atoms with Crippen molar-refractivity contribution in [2.45, 2.75) is 19.6 Å². The monoisotopic (exact) mass is 294 g/mol. The number of hydrogen-bond donors (Lipinski definition) is 3. The standard InChI is InChI=1S/C16H26N2O3/c1-4-9-21-15-6-5-14(10-16(15)20-3)12-18-8-7-17-11-13(2)19/h4-6,10,13,17-19H,1,7-9,11-12H2,2-3H3/t13-/m0/s1. The van der Waals surface area contributed by atoms with Gasteiger partial charge in [-0.25, -0.2) is 0 Å². The minimum absolute atomic E-state index is 0.308. The number of ether oxygens (including phenoxy) is 2.